The molecule has 0 fully saturated rings. The summed E-state index contributed by atoms with van der Waals surface area (Å²) in [6.45, 7) is 1.99. The van der Waals surface area contributed by atoms with Gasteiger partial charge in [0.25, 0.3) is 5.91 Å². The van der Waals surface area contributed by atoms with Gasteiger partial charge in [-0.2, -0.15) is 0 Å². The van der Waals surface area contributed by atoms with Gasteiger partial charge in [0.05, 0.1) is 0 Å². The Morgan fingerprint density at radius 2 is 1.81 bits per heavy atom. The number of hydrogen-bond acceptors (Lipinski definition) is 2. The third-order valence-electron chi connectivity index (χ3n) is 3.01. The molecule has 0 radical (unpaired) electrons. The first-order valence-electron chi connectivity index (χ1n) is 6.55. The van der Waals surface area contributed by atoms with Crippen LogP contribution in [0.3, 0.4) is 0 Å². The van der Waals surface area contributed by atoms with Crippen LogP contribution in [0.25, 0.3) is 0 Å². The lowest BCUT2D eigenvalue weighted by atomic mass is 10.1. The molecule has 0 saturated carbocycles. The molecule has 3 nitrogen and oxygen atoms in total. The van der Waals surface area contributed by atoms with Crippen LogP contribution in [0.4, 0.5) is 5.69 Å². The molecule has 0 aliphatic carbocycles. The van der Waals surface area contributed by atoms with E-state index in [0.717, 1.165) is 15.4 Å². The van der Waals surface area contributed by atoms with Gasteiger partial charge in [-0.05, 0) is 49.2 Å². The minimum atomic E-state index is -0.118. The van der Waals surface area contributed by atoms with E-state index >= 15 is 0 Å². The van der Waals surface area contributed by atoms with Gasteiger partial charge in [-0.1, -0.05) is 44.0 Å². The molecule has 0 aliphatic heterocycles. The number of hydrogen-bond donors (Lipinski definition) is 2. The number of nitrogens with one attached hydrogen (secondary N) is 1. The third-order valence-corrected chi connectivity index (χ3v) is 4.00. The average Bonchev–Trinajstić information content (AvgIpc) is 2.40. The number of nitrogen functional groups attached to an aromatic ring is 1. The van der Waals surface area contributed by atoms with Crippen LogP contribution in [0.1, 0.15) is 22.8 Å². The molecule has 1 unspecified atom stereocenters. The van der Waals surface area contributed by atoms with Gasteiger partial charge in [0.15, 0.2) is 0 Å². The third kappa shape index (κ3) is 4.86. The second-order valence-electron chi connectivity index (χ2n) is 4.98. The molecular formula is C16H16Br2N2O. The molecule has 0 spiro atoms. The second kappa shape index (κ2) is 7.09. The normalized spacial score (nSPS) is 12.0. The van der Waals surface area contributed by atoms with Crippen LogP contribution in [-0.2, 0) is 6.42 Å². The average molecular weight is 412 g/mol. The summed E-state index contributed by atoms with van der Waals surface area (Å²) in [5, 5.41) is 2.99. The van der Waals surface area contributed by atoms with E-state index in [4.69, 9.17) is 5.73 Å². The summed E-state index contributed by atoms with van der Waals surface area (Å²) in [5.41, 5.74) is 8.06. The fourth-order valence-corrected chi connectivity index (χ4v) is 2.85. The lowest BCUT2D eigenvalue weighted by Crippen LogP contribution is -2.34. The maximum absolute atomic E-state index is 12.2. The second-order valence-corrected chi connectivity index (χ2v) is 6.81. The first-order chi connectivity index (χ1) is 9.94. The Hall–Kier alpha value is -1.33. The smallest absolute Gasteiger partial charge is 0.251 e. The van der Waals surface area contributed by atoms with Crippen molar-refractivity contribution in [1.82, 2.24) is 5.32 Å². The quantitative estimate of drug-likeness (QED) is 0.742. The molecule has 0 heterocycles. The van der Waals surface area contributed by atoms with E-state index < -0.39 is 0 Å². The Balaban J connectivity index is 2.00. The number of nitrogens with two attached hydrogens (primary N) is 1. The predicted octanol–water partition coefficient (Wildman–Crippen LogP) is 4.15. The highest BCUT2D eigenvalue weighted by Crippen LogP contribution is 2.17. The van der Waals surface area contributed by atoms with E-state index in [0.29, 0.717) is 11.3 Å². The van der Waals surface area contributed by atoms with E-state index in [9.17, 15) is 4.79 Å². The first-order valence-corrected chi connectivity index (χ1v) is 8.14. The first kappa shape index (κ1) is 16.0. The predicted molar refractivity (Wildman–Crippen MR) is 93.3 cm³/mol. The molecule has 0 aliphatic rings. The van der Waals surface area contributed by atoms with Crippen molar-refractivity contribution in [1.29, 1.82) is 0 Å². The van der Waals surface area contributed by atoms with Crippen molar-refractivity contribution in [3.63, 3.8) is 0 Å². The minimum Gasteiger partial charge on any atom is -0.399 e. The zero-order valence-electron chi connectivity index (χ0n) is 11.6. The fraction of sp³-hybridized carbons (Fsp3) is 0.188. The molecule has 2 aromatic rings. The molecule has 21 heavy (non-hydrogen) atoms. The summed E-state index contributed by atoms with van der Waals surface area (Å²) in [7, 11) is 0. The van der Waals surface area contributed by atoms with E-state index in [1.807, 2.05) is 31.2 Å². The lowest BCUT2D eigenvalue weighted by molar-refractivity contribution is 0.0940. The van der Waals surface area contributed by atoms with Crippen molar-refractivity contribution in [3.8, 4) is 0 Å². The van der Waals surface area contributed by atoms with Crippen molar-refractivity contribution in [2.75, 3.05) is 5.73 Å². The maximum Gasteiger partial charge on any atom is 0.251 e. The molecule has 0 bridgehead atoms. The Bertz CT molecular complexity index is 621. The molecule has 5 heteroatoms. The number of carbonyl (C=O) groups excluding carboxylic acids is 1. The number of amides is 1. The molecular weight excluding hydrogens is 396 g/mol. The van der Waals surface area contributed by atoms with Gasteiger partial charge in [0.1, 0.15) is 0 Å². The standard InChI is InChI=1S/C16H16Br2N2O/c1-10(6-11-2-4-13(17)5-3-11)20-16(21)12-7-14(18)9-15(19)8-12/h2-5,7-10H,6,19H2,1H3,(H,20,21). The Morgan fingerprint density at radius 1 is 1.14 bits per heavy atom. The summed E-state index contributed by atoms with van der Waals surface area (Å²) in [6, 6.07) is 13.3. The highest BCUT2D eigenvalue weighted by atomic mass is 79.9. The molecule has 1 amide bonds. The van der Waals surface area contributed by atoms with Crippen molar-refractivity contribution in [2.24, 2.45) is 0 Å². The van der Waals surface area contributed by atoms with Crippen molar-refractivity contribution in [2.45, 2.75) is 19.4 Å². The molecule has 3 N–H and O–H groups in total. The molecule has 0 aromatic heterocycles. The summed E-state index contributed by atoms with van der Waals surface area (Å²) < 4.78 is 1.85. The fourth-order valence-electron chi connectivity index (χ4n) is 2.08. The Morgan fingerprint density at radius 3 is 2.43 bits per heavy atom. The van der Waals surface area contributed by atoms with Crippen LogP contribution in [0, 0.1) is 0 Å². The highest BCUT2D eigenvalue weighted by Gasteiger charge is 2.11. The van der Waals surface area contributed by atoms with E-state index in [1.54, 1.807) is 18.2 Å². The van der Waals surface area contributed by atoms with Gasteiger partial charge >= 0.3 is 0 Å². The van der Waals surface area contributed by atoms with Gasteiger partial charge in [-0.15, -0.1) is 0 Å². The van der Waals surface area contributed by atoms with Gasteiger partial charge < -0.3 is 11.1 Å². The zero-order valence-corrected chi connectivity index (χ0v) is 14.7. The maximum atomic E-state index is 12.2. The van der Waals surface area contributed by atoms with Gasteiger partial charge in [0.2, 0.25) is 0 Å². The number of rotatable bonds is 4. The van der Waals surface area contributed by atoms with Crippen LogP contribution in [-0.4, -0.2) is 11.9 Å². The number of benzene rings is 2. The SMILES string of the molecule is CC(Cc1ccc(Br)cc1)NC(=O)c1cc(N)cc(Br)c1. The van der Waals surface area contributed by atoms with E-state index in [1.165, 1.54) is 5.56 Å². The largest absolute Gasteiger partial charge is 0.399 e. The number of halogens is 2. The van der Waals surface area contributed by atoms with Crippen LogP contribution in [0.15, 0.2) is 51.4 Å². The molecule has 2 rings (SSSR count). The summed E-state index contributed by atoms with van der Waals surface area (Å²) >= 11 is 6.75. The summed E-state index contributed by atoms with van der Waals surface area (Å²) in [4.78, 5) is 12.2. The molecule has 2 aromatic carbocycles. The van der Waals surface area contributed by atoms with Gasteiger partial charge in [-0.3, -0.25) is 4.79 Å². The molecule has 110 valence electrons. The molecule has 1 atom stereocenters. The van der Waals surface area contributed by atoms with E-state index in [-0.39, 0.29) is 11.9 Å². The van der Waals surface area contributed by atoms with Crippen molar-refractivity contribution < 1.29 is 4.79 Å². The van der Waals surface area contributed by atoms with Crippen LogP contribution >= 0.6 is 31.9 Å². The summed E-state index contributed by atoms with van der Waals surface area (Å²) in [6.07, 6.45) is 0.780. The summed E-state index contributed by atoms with van der Waals surface area (Å²) in [5.74, 6) is -0.118. The zero-order chi connectivity index (χ0) is 15.4. The molecule has 0 saturated heterocycles. The Labute approximate surface area is 141 Å². The number of carbonyl (C=O) groups is 1. The van der Waals surface area contributed by atoms with Gasteiger partial charge in [0, 0.05) is 26.2 Å². The van der Waals surface area contributed by atoms with Crippen LogP contribution in [0.2, 0.25) is 0 Å². The van der Waals surface area contributed by atoms with Crippen LogP contribution in [0.5, 0.6) is 0 Å². The minimum absolute atomic E-state index is 0.0406. The number of anilines is 1. The Kier molecular flexibility index (Phi) is 5.42. The van der Waals surface area contributed by atoms with Crippen molar-refractivity contribution >= 4 is 43.5 Å². The van der Waals surface area contributed by atoms with Crippen LogP contribution < -0.4 is 11.1 Å². The van der Waals surface area contributed by atoms with E-state index in [2.05, 4.69) is 37.2 Å². The van der Waals surface area contributed by atoms with Gasteiger partial charge in [-0.25, -0.2) is 0 Å². The lowest BCUT2D eigenvalue weighted by Gasteiger charge is -2.14. The monoisotopic (exact) mass is 410 g/mol. The topological polar surface area (TPSA) is 55.1 Å². The van der Waals surface area contributed by atoms with Crippen molar-refractivity contribution in [3.05, 3.63) is 62.5 Å². The highest BCUT2D eigenvalue weighted by molar-refractivity contribution is 9.10.